The van der Waals surface area contributed by atoms with Crippen LogP contribution in [-0.4, -0.2) is 36.4 Å². The van der Waals surface area contributed by atoms with E-state index in [1.165, 1.54) is 6.33 Å². The third-order valence-corrected chi connectivity index (χ3v) is 4.42. The summed E-state index contributed by atoms with van der Waals surface area (Å²) >= 11 is 5.92. The van der Waals surface area contributed by atoms with Gasteiger partial charge in [-0.25, -0.2) is 18.4 Å². The van der Waals surface area contributed by atoms with E-state index in [0.29, 0.717) is 23.9 Å². The molecule has 0 bridgehead atoms. The highest BCUT2D eigenvalue weighted by Gasteiger charge is 2.10. The lowest BCUT2D eigenvalue weighted by atomic mass is 10.2. The summed E-state index contributed by atoms with van der Waals surface area (Å²) in [5.74, 6) is 0.854. The van der Waals surface area contributed by atoms with Crippen LogP contribution in [0.1, 0.15) is 19.4 Å². The van der Waals surface area contributed by atoms with Crippen molar-refractivity contribution >= 4 is 27.3 Å². The van der Waals surface area contributed by atoms with Gasteiger partial charge in [0.25, 0.3) is 0 Å². The Labute approximate surface area is 107 Å². The van der Waals surface area contributed by atoms with Gasteiger partial charge in [0.05, 0.1) is 5.75 Å². The summed E-state index contributed by atoms with van der Waals surface area (Å²) in [5, 5.41) is 3.39. The fourth-order valence-corrected chi connectivity index (χ4v) is 2.29. The summed E-state index contributed by atoms with van der Waals surface area (Å²) in [6.07, 6.45) is 2.06. The van der Waals surface area contributed by atoms with Crippen molar-refractivity contribution in [2.24, 2.45) is 0 Å². The van der Waals surface area contributed by atoms with Gasteiger partial charge in [-0.05, 0) is 6.42 Å². The Balaban J connectivity index is 2.67. The number of nitrogens with zero attached hydrogens (tertiary/aromatic N) is 2. The molecule has 0 fully saturated rings. The molecular formula is C10H16ClN3O2S. The second kappa shape index (κ2) is 6.16. The van der Waals surface area contributed by atoms with E-state index in [0.717, 1.165) is 5.56 Å². The van der Waals surface area contributed by atoms with Gasteiger partial charge >= 0.3 is 0 Å². The topological polar surface area (TPSA) is 72.0 Å². The monoisotopic (exact) mass is 277 g/mol. The van der Waals surface area contributed by atoms with E-state index >= 15 is 0 Å². The molecule has 0 aliphatic carbocycles. The second-order valence-corrected chi connectivity index (χ2v) is 6.34. The molecule has 0 spiro atoms. The number of rotatable bonds is 6. The predicted octanol–water partition coefficient (Wildman–Crippen LogP) is 1.54. The highest BCUT2D eigenvalue weighted by molar-refractivity contribution is 7.91. The first kappa shape index (κ1) is 14.2. The van der Waals surface area contributed by atoms with Crippen LogP contribution in [0.5, 0.6) is 0 Å². The van der Waals surface area contributed by atoms with Crippen molar-refractivity contribution in [2.75, 3.05) is 23.4 Å². The number of hydrogen-bond donors (Lipinski definition) is 1. The third-order valence-electron chi connectivity index (χ3n) is 2.39. The van der Waals surface area contributed by atoms with Gasteiger partial charge in [-0.1, -0.05) is 25.4 Å². The molecule has 0 saturated heterocycles. The average Bonchev–Trinajstić information content (AvgIpc) is 2.29. The van der Waals surface area contributed by atoms with Crippen molar-refractivity contribution in [3.8, 4) is 0 Å². The summed E-state index contributed by atoms with van der Waals surface area (Å²) in [6, 6.07) is 0. The van der Waals surface area contributed by atoms with Crippen LogP contribution in [-0.2, 0) is 16.3 Å². The van der Waals surface area contributed by atoms with Crippen LogP contribution < -0.4 is 5.32 Å². The molecule has 0 aromatic carbocycles. The van der Waals surface area contributed by atoms with Crippen LogP contribution in [0.25, 0.3) is 0 Å². The molecule has 0 unspecified atom stereocenters. The van der Waals surface area contributed by atoms with Crippen LogP contribution in [0.3, 0.4) is 0 Å². The number of aromatic nitrogens is 2. The maximum absolute atomic E-state index is 11.3. The van der Waals surface area contributed by atoms with Crippen molar-refractivity contribution < 1.29 is 8.42 Å². The van der Waals surface area contributed by atoms with Gasteiger partial charge in [0.2, 0.25) is 0 Å². The Kier molecular flexibility index (Phi) is 5.14. The van der Waals surface area contributed by atoms with Crippen LogP contribution in [0.2, 0.25) is 5.15 Å². The quantitative estimate of drug-likeness (QED) is 0.799. The Bertz CT molecular complexity index is 476. The van der Waals surface area contributed by atoms with Crippen LogP contribution in [0.15, 0.2) is 6.33 Å². The molecule has 1 aromatic rings. The number of hydrogen-bond acceptors (Lipinski definition) is 5. The lowest BCUT2D eigenvalue weighted by Gasteiger charge is -2.10. The normalized spacial score (nSPS) is 11.5. The zero-order valence-corrected chi connectivity index (χ0v) is 11.5. The van der Waals surface area contributed by atoms with Gasteiger partial charge in [-0.2, -0.15) is 0 Å². The molecule has 1 aromatic heterocycles. The molecule has 0 saturated carbocycles. The molecule has 1 N–H and O–H groups in total. The smallest absolute Gasteiger partial charge is 0.151 e. The van der Waals surface area contributed by atoms with Crippen molar-refractivity contribution in [1.82, 2.24) is 9.97 Å². The molecule has 0 aliphatic heterocycles. The van der Waals surface area contributed by atoms with Gasteiger partial charge in [-0.3, -0.25) is 0 Å². The highest BCUT2D eigenvalue weighted by Crippen LogP contribution is 2.19. The lowest BCUT2D eigenvalue weighted by Crippen LogP contribution is -2.18. The minimum Gasteiger partial charge on any atom is -0.369 e. The van der Waals surface area contributed by atoms with Gasteiger partial charge in [0, 0.05) is 17.9 Å². The zero-order chi connectivity index (χ0) is 12.9. The Morgan fingerprint density at radius 2 is 2.06 bits per heavy atom. The second-order valence-electron chi connectivity index (χ2n) is 3.51. The molecule has 1 rings (SSSR count). The van der Waals surface area contributed by atoms with E-state index in [4.69, 9.17) is 11.6 Å². The molecular weight excluding hydrogens is 262 g/mol. The van der Waals surface area contributed by atoms with Gasteiger partial charge in [0.15, 0.2) is 9.84 Å². The number of nitrogens with one attached hydrogen (secondary N) is 1. The molecule has 1 heterocycles. The molecule has 5 nitrogen and oxygen atoms in total. The van der Waals surface area contributed by atoms with Crippen LogP contribution in [0.4, 0.5) is 5.82 Å². The standard InChI is InChI=1S/C10H16ClN3O2S/c1-3-8-9(11)13-7-14-10(8)12-5-6-17(15,16)4-2/h7H,3-6H2,1-2H3,(H,12,13,14). The fourth-order valence-electron chi connectivity index (χ4n) is 1.33. The van der Waals surface area contributed by atoms with E-state index in [2.05, 4.69) is 15.3 Å². The average molecular weight is 278 g/mol. The van der Waals surface area contributed by atoms with Crippen molar-refractivity contribution in [2.45, 2.75) is 20.3 Å². The molecule has 0 radical (unpaired) electrons. The first-order valence-electron chi connectivity index (χ1n) is 5.43. The predicted molar refractivity (Wildman–Crippen MR) is 69.2 cm³/mol. The SMILES string of the molecule is CCc1c(Cl)ncnc1NCCS(=O)(=O)CC. The molecule has 7 heteroatoms. The zero-order valence-electron chi connectivity index (χ0n) is 9.90. The van der Waals surface area contributed by atoms with E-state index < -0.39 is 9.84 Å². The summed E-state index contributed by atoms with van der Waals surface area (Å²) in [7, 11) is -2.96. The Hall–Kier alpha value is -0.880. The van der Waals surface area contributed by atoms with E-state index in [9.17, 15) is 8.42 Å². The molecule has 0 amide bonds. The largest absolute Gasteiger partial charge is 0.369 e. The minimum atomic E-state index is -2.96. The molecule has 17 heavy (non-hydrogen) atoms. The highest BCUT2D eigenvalue weighted by atomic mass is 35.5. The van der Waals surface area contributed by atoms with E-state index in [1.54, 1.807) is 6.92 Å². The Morgan fingerprint density at radius 3 is 2.65 bits per heavy atom. The maximum Gasteiger partial charge on any atom is 0.151 e. The summed E-state index contributed by atoms with van der Waals surface area (Å²) in [5.41, 5.74) is 0.808. The molecule has 96 valence electrons. The summed E-state index contributed by atoms with van der Waals surface area (Å²) in [4.78, 5) is 7.93. The number of anilines is 1. The minimum absolute atomic E-state index is 0.0915. The summed E-state index contributed by atoms with van der Waals surface area (Å²) < 4.78 is 22.6. The lowest BCUT2D eigenvalue weighted by molar-refractivity contribution is 0.597. The van der Waals surface area contributed by atoms with E-state index in [1.807, 2.05) is 6.92 Å². The first-order chi connectivity index (χ1) is 8.00. The maximum atomic E-state index is 11.3. The third kappa shape index (κ3) is 4.12. The van der Waals surface area contributed by atoms with Gasteiger partial charge in [0.1, 0.15) is 17.3 Å². The number of halogens is 1. The fraction of sp³-hybridized carbons (Fsp3) is 0.600. The summed E-state index contributed by atoms with van der Waals surface area (Å²) in [6.45, 7) is 3.91. The van der Waals surface area contributed by atoms with Gasteiger partial charge in [-0.15, -0.1) is 0 Å². The number of sulfone groups is 1. The molecule has 0 atom stereocenters. The van der Waals surface area contributed by atoms with Crippen molar-refractivity contribution in [3.63, 3.8) is 0 Å². The van der Waals surface area contributed by atoms with Crippen LogP contribution >= 0.6 is 11.6 Å². The Morgan fingerprint density at radius 1 is 1.35 bits per heavy atom. The van der Waals surface area contributed by atoms with Crippen molar-refractivity contribution in [3.05, 3.63) is 17.0 Å². The first-order valence-corrected chi connectivity index (χ1v) is 7.63. The molecule has 0 aliphatic rings. The van der Waals surface area contributed by atoms with E-state index in [-0.39, 0.29) is 11.5 Å². The van der Waals surface area contributed by atoms with Crippen molar-refractivity contribution in [1.29, 1.82) is 0 Å². The van der Waals surface area contributed by atoms with Crippen LogP contribution in [0, 0.1) is 0 Å². The van der Waals surface area contributed by atoms with Gasteiger partial charge < -0.3 is 5.32 Å².